The first kappa shape index (κ1) is 20.9. The van der Waals surface area contributed by atoms with Crippen LogP contribution in [0.2, 0.25) is 0 Å². The molecule has 1 heterocycles. The standard InChI is InChI=1S/C24H31N3O2/c1-18-4-6-21(7-5-18)24(29)25-14-17-27(20(3)28)23-10-8-22(9-11-23)26-15-12-19(2)13-16-26/h4-11,19H,12-17H2,1-3H3,(H,25,29). The number of nitrogens with zero attached hydrogens (tertiary/aromatic N) is 2. The highest BCUT2D eigenvalue weighted by molar-refractivity contribution is 5.94. The highest BCUT2D eigenvalue weighted by atomic mass is 16.2. The molecule has 3 rings (SSSR count). The van der Waals surface area contributed by atoms with E-state index in [4.69, 9.17) is 0 Å². The quantitative estimate of drug-likeness (QED) is 0.807. The van der Waals surface area contributed by atoms with Crippen LogP contribution in [0.5, 0.6) is 0 Å². The number of hydrogen-bond donors (Lipinski definition) is 1. The zero-order valence-electron chi connectivity index (χ0n) is 17.6. The molecule has 0 radical (unpaired) electrons. The van der Waals surface area contributed by atoms with E-state index in [1.807, 2.05) is 43.3 Å². The molecule has 0 saturated carbocycles. The van der Waals surface area contributed by atoms with Gasteiger partial charge in [0.15, 0.2) is 0 Å². The molecule has 1 aliphatic rings. The molecule has 5 nitrogen and oxygen atoms in total. The second-order valence-electron chi connectivity index (χ2n) is 7.98. The van der Waals surface area contributed by atoms with E-state index >= 15 is 0 Å². The fourth-order valence-corrected chi connectivity index (χ4v) is 3.67. The van der Waals surface area contributed by atoms with E-state index in [0.717, 1.165) is 30.3 Å². The summed E-state index contributed by atoms with van der Waals surface area (Å²) >= 11 is 0. The molecule has 1 aliphatic heterocycles. The number of anilines is 2. The fraction of sp³-hybridized carbons (Fsp3) is 0.417. The number of carbonyl (C=O) groups excluding carboxylic acids is 2. The Labute approximate surface area is 173 Å². The zero-order chi connectivity index (χ0) is 20.8. The van der Waals surface area contributed by atoms with E-state index < -0.39 is 0 Å². The molecule has 2 aromatic carbocycles. The third kappa shape index (κ3) is 5.59. The van der Waals surface area contributed by atoms with Gasteiger partial charge in [0.25, 0.3) is 5.91 Å². The molecule has 154 valence electrons. The van der Waals surface area contributed by atoms with E-state index in [1.165, 1.54) is 18.5 Å². The molecule has 1 N–H and O–H groups in total. The van der Waals surface area contributed by atoms with E-state index in [2.05, 4.69) is 29.3 Å². The largest absolute Gasteiger partial charge is 0.372 e. The van der Waals surface area contributed by atoms with Gasteiger partial charge in [-0.1, -0.05) is 24.6 Å². The van der Waals surface area contributed by atoms with Gasteiger partial charge in [0, 0.05) is 50.0 Å². The number of hydrogen-bond acceptors (Lipinski definition) is 3. The van der Waals surface area contributed by atoms with Gasteiger partial charge in [0.2, 0.25) is 5.91 Å². The van der Waals surface area contributed by atoms with Crippen LogP contribution in [0.3, 0.4) is 0 Å². The van der Waals surface area contributed by atoms with Crippen molar-refractivity contribution in [2.45, 2.75) is 33.6 Å². The molecule has 2 aromatic rings. The lowest BCUT2D eigenvalue weighted by Crippen LogP contribution is -2.37. The molecule has 0 atom stereocenters. The summed E-state index contributed by atoms with van der Waals surface area (Å²) in [5.74, 6) is 0.645. The molecular weight excluding hydrogens is 362 g/mol. The van der Waals surface area contributed by atoms with Gasteiger partial charge in [0.1, 0.15) is 0 Å². The Bertz CT molecular complexity index is 822. The Kier molecular flexibility index (Phi) is 6.91. The van der Waals surface area contributed by atoms with Crippen LogP contribution in [0.4, 0.5) is 11.4 Å². The molecule has 2 amide bonds. The van der Waals surface area contributed by atoms with Gasteiger partial charge in [-0.15, -0.1) is 0 Å². The first-order valence-corrected chi connectivity index (χ1v) is 10.4. The first-order chi connectivity index (χ1) is 13.9. The van der Waals surface area contributed by atoms with Crippen LogP contribution in [0.1, 0.15) is 42.6 Å². The predicted octanol–water partition coefficient (Wildman–Crippen LogP) is 4.01. The maximum absolute atomic E-state index is 12.3. The molecule has 1 saturated heterocycles. The summed E-state index contributed by atoms with van der Waals surface area (Å²) in [7, 11) is 0. The maximum Gasteiger partial charge on any atom is 0.251 e. The molecule has 0 aromatic heterocycles. The monoisotopic (exact) mass is 393 g/mol. The first-order valence-electron chi connectivity index (χ1n) is 10.4. The zero-order valence-corrected chi connectivity index (χ0v) is 17.6. The minimum atomic E-state index is -0.122. The van der Waals surface area contributed by atoms with Crippen molar-refractivity contribution in [1.29, 1.82) is 0 Å². The van der Waals surface area contributed by atoms with Crippen molar-refractivity contribution in [3.8, 4) is 0 Å². The summed E-state index contributed by atoms with van der Waals surface area (Å²) in [5, 5.41) is 2.90. The number of amides is 2. The average Bonchev–Trinajstić information content (AvgIpc) is 2.72. The van der Waals surface area contributed by atoms with Gasteiger partial charge < -0.3 is 15.1 Å². The SMILES string of the molecule is CC(=O)N(CCNC(=O)c1ccc(C)cc1)c1ccc(N2CCC(C)CC2)cc1. The molecule has 0 unspecified atom stereocenters. The van der Waals surface area contributed by atoms with Gasteiger partial charge in [0.05, 0.1) is 0 Å². The molecule has 0 aliphatic carbocycles. The van der Waals surface area contributed by atoms with Crippen LogP contribution >= 0.6 is 0 Å². The van der Waals surface area contributed by atoms with E-state index in [9.17, 15) is 9.59 Å². The van der Waals surface area contributed by atoms with Gasteiger partial charge in [-0.2, -0.15) is 0 Å². The van der Waals surface area contributed by atoms with E-state index in [0.29, 0.717) is 18.7 Å². The molecule has 29 heavy (non-hydrogen) atoms. The molecule has 0 spiro atoms. The third-order valence-electron chi connectivity index (χ3n) is 5.62. The minimum absolute atomic E-state index is 0.0332. The maximum atomic E-state index is 12.3. The number of rotatable bonds is 6. The molecular formula is C24H31N3O2. The Morgan fingerprint density at radius 3 is 2.24 bits per heavy atom. The summed E-state index contributed by atoms with van der Waals surface area (Å²) in [4.78, 5) is 28.5. The van der Waals surface area contributed by atoms with Crippen molar-refractivity contribution >= 4 is 23.2 Å². The lowest BCUT2D eigenvalue weighted by molar-refractivity contribution is -0.116. The Morgan fingerprint density at radius 2 is 1.66 bits per heavy atom. The third-order valence-corrected chi connectivity index (χ3v) is 5.62. The fourth-order valence-electron chi connectivity index (χ4n) is 3.67. The molecule has 0 bridgehead atoms. The second kappa shape index (κ2) is 9.59. The second-order valence-corrected chi connectivity index (χ2v) is 7.98. The Balaban J connectivity index is 1.57. The Hall–Kier alpha value is -2.82. The van der Waals surface area contributed by atoms with Crippen molar-refractivity contribution in [3.05, 3.63) is 59.7 Å². The summed E-state index contributed by atoms with van der Waals surface area (Å²) < 4.78 is 0. The van der Waals surface area contributed by atoms with Crippen molar-refractivity contribution < 1.29 is 9.59 Å². The van der Waals surface area contributed by atoms with Crippen molar-refractivity contribution in [2.24, 2.45) is 5.92 Å². The van der Waals surface area contributed by atoms with Crippen LogP contribution in [0, 0.1) is 12.8 Å². The number of benzene rings is 2. The van der Waals surface area contributed by atoms with Crippen LogP contribution in [-0.2, 0) is 4.79 Å². The average molecular weight is 394 g/mol. The van der Waals surface area contributed by atoms with Crippen molar-refractivity contribution in [1.82, 2.24) is 5.32 Å². The highest BCUT2D eigenvalue weighted by Gasteiger charge is 2.17. The summed E-state index contributed by atoms with van der Waals surface area (Å²) in [6, 6.07) is 15.6. The smallest absolute Gasteiger partial charge is 0.251 e. The number of aryl methyl sites for hydroxylation is 1. The van der Waals surface area contributed by atoms with Crippen LogP contribution in [0.25, 0.3) is 0 Å². The lowest BCUT2D eigenvalue weighted by atomic mass is 9.99. The van der Waals surface area contributed by atoms with Gasteiger partial charge >= 0.3 is 0 Å². The van der Waals surface area contributed by atoms with Crippen molar-refractivity contribution in [2.75, 3.05) is 36.0 Å². The molecule has 5 heteroatoms. The summed E-state index contributed by atoms with van der Waals surface area (Å²) in [6.07, 6.45) is 2.45. The van der Waals surface area contributed by atoms with Crippen molar-refractivity contribution in [3.63, 3.8) is 0 Å². The van der Waals surface area contributed by atoms with Gasteiger partial charge in [-0.25, -0.2) is 0 Å². The van der Waals surface area contributed by atoms with Gasteiger partial charge in [-0.3, -0.25) is 9.59 Å². The number of carbonyl (C=O) groups is 2. The van der Waals surface area contributed by atoms with Gasteiger partial charge in [-0.05, 0) is 62.1 Å². The van der Waals surface area contributed by atoms with Crippen LogP contribution in [-0.4, -0.2) is 38.0 Å². The lowest BCUT2D eigenvalue weighted by Gasteiger charge is -2.32. The molecule has 1 fully saturated rings. The Morgan fingerprint density at radius 1 is 1.03 bits per heavy atom. The van der Waals surface area contributed by atoms with Crippen LogP contribution < -0.4 is 15.1 Å². The minimum Gasteiger partial charge on any atom is -0.372 e. The summed E-state index contributed by atoms with van der Waals surface area (Å²) in [6.45, 7) is 8.86. The normalized spacial score (nSPS) is 14.5. The van der Waals surface area contributed by atoms with E-state index in [-0.39, 0.29) is 11.8 Å². The number of piperidine rings is 1. The highest BCUT2D eigenvalue weighted by Crippen LogP contribution is 2.25. The topological polar surface area (TPSA) is 52.7 Å². The number of nitrogens with one attached hydrogen (secondary N) is 1. The van der Waals surface area contributed by atoms with E-state index in [1.54, 1.807) is 11.8 Å². The summed E-state index contributed by atoms with van der Waals surface area (Å²) in [5.41, 5.74) is 3.81. The predicted molar refractivity (Wildman–Crippen MR) is 119 cm³/mol. The van der Waals surface area contributed by atoms with Crippen LogP contribution in [0.15, 0.2) is 48.5 Å².